The van der Waals surface area contributed by atoms with Crippen molar-refractivity contribution in [3.05, 3.63) is 83.7 Å². The third-order valence-electron chi connectivity index (χ3n) is 3.46. The van der Waals surface area contributed by atoms with E-state index >= 15 is 0 Å². The molecule has 120 valence electrons. The maximum absolute atomic E-state index is 12.3. The fourth-order valence-electron chi connectivity index (χ4n) is 2.27. The van der Waals surface area contributed by atoms with E-state index < -0.39 is 0 Å². The lowest BCUT2D eigenvalue weighted by atomic mass is 10.2. The molecule has 1 amide bonds. The van der Waals surface area contributed by atoms with E-state index in [4.69, 9.17) is 0 Å². The third-order valence-corrected chi connectivity index (χ3v) is 3.46. The maximum atomic E-state index is 12.3. The first kappa shape index (κ1) is 15.7. The summed E-state index contributed by atoms with van der Waals surface area (Å²) < 4.78 is 0. The summed E-state index contributed by atoms with van der Waals surface area (Å²) in [4.78, 5) is 20.8. The van der Waals surface area contributed by atoms with Gasteiger partial charge in [-0.3, -0.25) is 4.79 Å². The van der Waals surface area contributed by atoms with Crippen LogP contribution in [0.2, 0.25) is 0 Å². The molecule has 0 bridgehead atoms. The SMILES string of the molecule is Cc1cccc(NC(=O)c2ccnc(NCc3ccccc3)n2)c1. The number of nitrogens with zero attached hydrogens (tertiary/aromatic N) is 2. The molecule has 1 aromatic heterocycles. The number of carbonyl (C=O) groups excluding carboxylic acids is 1. The summed E-state index contributed by atoms with van der Waals surface area (Å²) in [5.74, 6) is 0.168. The van der Waals surface area contributed by atoms with Crippen LogP contribution in [0, 0.1) is 6.92 Å². The lowest BCUT2D eigenvalue weighted by Crippen LogP contribution is -2.15. The zero-order valence-electron chi connectivity index (χ0n) is 13.4. The second kappa shape index (κ2) is 7.37. The smallest absolute Gasteiger partial charge is 0.274 e. The molecule has 24 heavy (non-hydrogen) atoms. The van der Waals surface area contributed by atoms with E-state index in [9.17, 15) is 4.79 Å². The summed E-state index contributed by atoms with van der Waals surface area (Å²) >= 11 is 0. The van der Waals surface area contributed by atoms with Crippen LogP contribution < -0.4 is 10.6 Å². The molecule has 0 unspecified atom stereocenters. The molecule has 2 N–H and O–H groups in total. The minimum absolute atomic E-state index is 0.259. The van der Waals surface area contributed by atoms with E-state index in [1.165, 1.54) is 0 Å². The Kier molecular flexibility index (Phi) is 4.81. The van der Waals surface area contributed by atoms with Gasteiger partial charge >= 0.3 is 0 Å². The second-order valence-corrected chi connectivity index (χ2v) is 5.43. The second-order valence-electron chi connectivity index (χ2n) is 5.43. The van der Waals surface area contributed by atoms with Crippen LogP contribution in [0.4, 0.5) is 11.6 Å². The van der Waals surface area contributed by atoms with Gasteiger partial charge in [-0.05, 0) is 36.2 Å². The van der Waals surface area contributed by atoms with Crippen molar-refractivity contribution in [3.63, 3.8) is 0 Å². The fraction of sp³-hybridized carbons (Fsp3) is 0.105. The first-order chi connectivity index (χ1) is 11.7. The van der Waals surface area contributed by atoms with Crippen LogP contribution in [0.5, 0.6) is 0 Å². The van der Waals surface area contributed by atoms with Crippen LogP contribution in [-0.4, -0.2) is 15.9 Å². The van der Waals surface area contributed by atoms with Crippen molar-refractivity contribution in [1.29, 1.82) is 0 Å². The number of hydrogen-bond donors (Lipinski definition) is 2. The van der Waals surface area contributed by atoms with Crippen molar-refractivity contribution in [2.24, 2.45) is 0 Å². The van der Waals surface area contributed by atoms with Crippen LogP contribution >= 0.6 is 0 Å². The molecule has 0 fully saturated rings. The Bertz CT molecular complexity index is 834. The highest BCUT2D eigenvalue weighted by Crippen LogP contribution is 2.11. The molecule has 5 nitrogen and oxygen atoms in total. The van der Waals surface area contributed by atoms with Gasteiger partial charge in [0.15, 0.2) is 0 Å². The van der Waals surface area contributed by atoms with Crippen molar-refractivity contribution in [1.82, 2.24) is 9.97 Å². The van der Waals surface area contributed by atoms with Crippen LogP contribution in [0.15, 0.2) is 66.9 Å². The average molecular weight is 318 g/mol. The average Bonchev–Trinajstić information content (AvgIpc) is 2.61. The number of aromatic nitrogens is 2. The van der Waals surface area contributed by atoms with Gasteiger partial charge in [0.2, 0.25) is 5.95 Å². The van der Waals surface area contributed by atoms with E-state index in [0.717, 1.165) is 16.8 Å². The zero-order valence-corrected chi connectivity index (χ0v) is 13.4. The van der Waals surface area contributed by atoms with Gasteiger partial charge in [0.25, 0.3) is 5.91 Å². The van der Waals surface area contributed by atoms with Gasteiger partial charge in [0.05, 0.1) is 0 Å². The van der Waals surface area contributed by atoms with Gasteiger partial charge in [-0.15, -0.1) is 0 Å². The van der Waals surface area contributed by atoms with Gasteiger partial charge in [-0.25, -0.2) is 9.97 Å². The minimum Gasteiger partial charge on any atom is -0.350 e. The number of nitrogens with one attached hydrogen (secondary N) is 2. The van der Waals surface area contributed by atoms with Crippen molar-refractivity contribution in [3.8, 4) is 0 Å². The molecule has 0 saturated heterocycles. The molecule has 3 rings (SSSR count). The number of rotatable bonds is 5. The molecule has 0 aliphatic rings. The number of carbonyl (C=O) groups is 1. The summed E-state index contributed by atoms with van der Waals surface area (Å²) in [5.41, 5.74) is 3.27. The monoisotopic (exact) mass is 318 g/mol. The molecular formula is C19H18N4O. The highest BCUT2D eigenvalue weighted by atomic mass is 16.1. The number of aryl methyl sites for hydroxylation is 1. The number of anilines is 2. The van der Waals surface area contributed by atoms with Crippen molar-refractivity contribution < 1.29 is 4.79 Å². The van der Waals surface area contributed by atoms with E-state index in [1.807, 2.05) is 61.5 Å². The Morgan fingerprint density at radius 2 is 1.88 bits per heavy atom. The Morgan fingerprint density at radius 1 is 1.04 bits per heavy atom. The zero-order chi connectivity index (χ0) is 16.8. The number of hydrogen-bond acceptors (Lipinski definition) is 4. The molecule has 1 heterocycles. The Labute approximate surface area is 140 Å². The lowest BCUT2D eigenvalue weighted by molar-refractivity contribution is 0.102. The first-order valence-electron chi connectivity index (χ1n) is 7.69. The summed E-state index contributed by atoms with van der Waals surface area (Å²) in [7, 11) is 0. The Hall–Kier alpha value is -3.21. The largest absolute Gasteiger partial charge is 0.350 e. The molecule has 0 aliphatic carbocycles. The van der Waals surface area contributed by atoms with Gasteiger partial charge in [-0.2, -0.15) is 0 Å². The van der Waals surface area contributed by atoms with Crippen LogP contribution in [-0.2, 0) is 6.54 Å². The summed E-state index contributed by atoms with van der Waals surface area (Å²) in [6.07, 6.45) is 1.57. The highest BCUT2D eigenvalue weighted by Gasteiger charge is 2.09. The van der Waals surface area contributed by atoms with Gasteiger partial charge in [0.1, 0.15) is 5.69 Å². The predicted octanol–water partition coefficient (Wildman–Crippen LogP) is 3.65. The Morgan fingerprint density at radius 3 is 2.67 bits per heavy atom. The maximum Gasteiger partial charge on any atom is 0.274 e. The molecule has 0 radical (unpaired) electrons. The summed E-state index contributed by atoms with van der Waals surface area (Å²) in [6.45, 7) is 2.58. The normalized spacial score (nSPS) is 10.2. The molecule has 0 aliphatic heterocycles. The van der Waals surface area contributed by atoms with Crippen LogP contribution in [0.1, 0.15) is 21.6 Å². The van der Waals surface area contributed by atoms with Crippen molar-refractivity contribution in [2.45, 2.75) is 13.5 Å². The van der Waals surface area contributed by atoms with E-state index in [2.05, 4.69) is 20.6 Å². The Balaban J connectivity index is 1.67. The summed E-state index contributed by atoms with van der Waals surface area (Å²) in [6, 6.07) is 19.2. The molecule has 0 spiro atoms. The molecular weight excluding hydrogens is 300 g/mol. The van der Waals surface area contributed by atoms with E-state index in [-0.39, 0.29) is 5.91 Å². The van der Waals surface area contributed by atoms with Crippen molar-refractivity contribution >= 4 is 17.5 Å². The van der Waals surface area contributed by atoms with Crippen molar-refractivity contribution in [2.75, 3.05) is 10.6 Å². The predicted molar refractivity (Wildman–Crippen MR) is 94.9 cm³/mol. The van der Waals surface area contributed by atoms with Gasteiger partial charge < -0.3 is 10.6 Å². The summed E-state index contributed by atoms with van der Waals surface area (Å²) in [5, 5.41) is 5.97. The molecule has 0 atom stereocenters. The molecule has 3 aromatic rings. The molecule has 2 aromatic carbocycles. The topological polar surface area (TPSA) is 66.9 Å². The third kappa shape index (κ3) is 4.16. The quantitative estimate of drug-likeness (QED) is 0.753. The molecule has 5 heteroatoms. The number of amides is 1. The van der Waals surface area contributed by atoms with Crippen LogP contribution in [0.25, 0.3) is 0 Å². The van der Waals surface area contributed by atoms with E-state index in [0.29, 0.717) is 18.2 Å². The highest BCUT2D eigenvalue weighted by molar-refractivity contribution is 6.03. The lowest BCUT2D eigenvalue weighted by Gasteiger charge is -2.08. The minimum atomic E-state index is -0.259. The van der Waals surface area contributed by atoms with Gasteiger partial charge in [-0.1, -0.05) is 42.5 Å². The molecule has 0 saturated carbocycles. The number of benzene rings is 2. The fourth-order valence-corrected chi connectivity index (χ4v) is 2.27. The van der Waals surface area contributed by atoms with E-state index in [1.54, 1.807) is 12.3 Å². The standard InChI is InChI=1S/C19H18N4O/c1-14-6-5-9-16(12-14)22-18(24)17-10-11-20-19(23-17)21-13-15-7-3-2-4-8-15/h2-12H,13H2,1H3,(H,22,24)(H,20,21,23). The van der Waals surface area contributed by atoms with Gasteiger partial charge in [0, 0.05) is 18.4 Å². The first-order valence-corrected chi connectivity index (χ1v) is 7.69. The van der Waals surface area contributed by atoms with Crippen LogP contribution in [0.3, 0.4) is 0 Å².